The van der Waals surface area contributed by atoms with E-state index in [1.54, 1.807) is 0 Å². The molecule has 0 saturated heterocycles. The van der Waals surface area contributed by atoms with Crippen LogP contribution in [0, 0.1) is 17.6 Å². The summed E-state index contributed by atoms with van der Waals surface area (Å²) in [6.07, 6.45) is 0. The summed E-state index contributed by atoms with van der Waals surface area (Å²) in [4.78, 5) is 0. The fraction of sp³-hybridized carbons (Fsp3) is 0.400. The third kappa shape index (κ3) is 2.25. The summed E-state index contributed by atoms with van der Waals surface area (Å²) in [6.45, 7) is 3.79. The van der Waals surface area contributed by atoms with Crippen molar-refractivity contribution in [2.24, 2.45) is 11.7 Å². The van der Waals surface area contributed by atoms with Gasteiger partial charge in [-0.05, 0) is 12.0 Å². The summed E-state index contributed by atoms with van der Waals surface area (Å²) in [6, 6.07) is 3.11. The second-order valence-corrected chi connectivity index (χ2v) is 3.44. The first-order valence-electron chi connectivity index (χ1n) is 4.23. The summed E-state index contributed by atoms with van der Waals surface area (Å²) in [7, 11) is 0. The van der Waals surface area contributed by atoms with Gasteiger partial charge in [0.05, 0.1) is 0 Å². The monoisotopic (exact) mass is 185 g/mol. The lowest BCUT2D eigenvalue weighted by Crippen LogP contribution is -2.18. The standard InChI is InChI=1S/C10H13F2N/c1-6(2)10(13)8-4-3-7(11)5-9(8)12/h3-6,10H,13H2,1-2H3/t10-/m1/s1. The second kappa shape index (κ2) is 3.83. The quantitative estimate of drug-likeness (QED) is 0.753. The number of nitrogens with two attached hydrogens (primary N) is 1. The van der Waals surface area contributed by atoms with Crippen molar-refractivity contribution in [1.29, 1.82) is 0 Å². The third-order valence-electron chi connectivity index (χ3n) is 2.04. The first-order valence-corrected chi connectivity index (χ1v) is 4.23. The molecule has 0 bridgehead atoms. The zero-order valence-electron chi connectivity index (χ0n) is 7.72. The van der Waals surface area contributed by atoms with E-state index in [2.05, 4.69) is 0 Å². The molecular weight excluding hydrogens is 172 g/mol. The van der Waals surface area contributed by atoms with Crippen molar-refractivity contribution >= 4 is 0 Å². The Hall–Kier alpha value is -0.960. The minimum Gasteiger partial charge on any atom is -0.324 e. The zero-order chi connectivity index (χ0) is 10.0. The molecule has 0 radical (unpaired) electrons. The Bertz CT molecular complexity index is 297. The van der Waals surface area contributed by atoms with Gasteiger partial charge in [0, 0.05) is 17.7 Å². The van der Waals surface area contributed by atoms with Crippen LogP contribution in [0.5, 0.6) is 0 Å². The maximum atomic E-state index is 13.1. The Morgan fingerprint density at radius 3 is 2.31 bits per heavy atom. The Morgan fingerprint density at radius 2 is 1.85 bits per heavy atom. The van der Waals surface area contributed by atoms with Gasteiger partial charge in [-0.2, -0.15) is 0 Å². The van der Waals surface area contributed by atoms with E-state index < -0.39 is 11.6 Å². The molecule has 0 aliphatic heterocycles. The van der Waals surface area contributed by atoms with Gasteiger partial charge in [0.2, 0.25) is 0 Å². The Kier molecular flexibility index (Phi) is 2.98. The van der Waals surface area contributed by atoms with Crippen LogP contribution in [0.3, 0.4) is 0 Å². The summed E-state index contributed by atoms with van der Waals surface area (Å²) < 4.78 is 25.7. The largest absolute Gasteiger partial charge is 0.324 e. The smallest absolute Gasteiger partial charge is 0.130 e. The number of benzene rings is 1. The van der Waals surface area contributed by atoms with Gasteiger partial charge in [-0.15, -0.1) is 0 Å². The van der Waals surface area contributed by atoms with Crippen LogP contribution in [0.4, 0.5) is 8.78 Å². The highest BCUT2D eigenvalue weighted by Gasteiger charge is 2.14. The summed E-state index contributed by atoms with van der Waals surface area (Å²) in [5.41, 5.74) is 6.10. The minimum atomic E-state index is -0.572. The van der Waals surface area contributed by atoms with Crippen molar-refractivity contribution in [3.05, 3.63) is 35.4 Å². The molecule has 0 aromatic heterocycles. The zero-order valence-corrected chi connectivity index (χ0v) is 7.72. The first kappa shape index (κ1) is 10.1. The predicted octanol–water partition coefficient (Wildman–Crippen LogP) is 2.62. The van der Waals surface area contributed by atoms with Crippen molar-refractivity contribution in [3.63, 3.8) is 0 Å². The highest BCUT2D eigenvalue weighted by molar-refractivity contribution is 5.22. The molecule has 0 amide bonds. The Balaban J connectivity index is 3.01. The highest BCUT2D eigenvalue weighted by Crippen LogP contribution is 2.21. The van der Waals surface area contributed by atoms with Crippen molar-refractivity contribution in [3.8, 4) is 0 Å². The van der Waals surface area contributed by atoms with Gasteiger partial charge < -0.3 is 5.73 Å². The van der Waals surface area contributed by atoms with E-state index >= 15 is 0 Å². The van der Waals surface area contributed by atoms with Gasteiger partial charge in [0.25, 0.3) is 0 Å². The van der Waals surface area contributed by atoms with Crippen molar-refractivity contribution < 1.29 is 8.78 Å². The fourth-order valence-electron chi connectivity index (χ4n) is 1.13. The number of hydrogen-bond acceptors (Lipinski definition) is 1. The Morgan fingerprint density at radius 1 is 1.23 bits per heavy atom. The average molecular weight is 185 g/mol. The fourth-order valence-corrected chi connectivity index (χ4v) is 1.13. The van der Waals surface area contributed by atoms with Crippen LogP contribution in [0.1, 0.15) is 25.5 Å². The van der Waals surface area contributed by atoms with Crippen LogP contribution in [-0.2, 0) is 0 Å². The van der Waals surface area contributed by atoms with E-state index in [0.29, 0.717) is 5.56 Å². The maximum Gasteiger partial charge on any atom is 0.130 e. The van der Waals surface area contributed by atoms with Crippen LogP contribution in [-0.4, -0.2) is 0 Å². The lowest BCUT2D eigenvalue weighted by atomic mass is 9.97. The molecule has 3 heteroatoms. The van der Waals surface area contributed by atoms with Crippen molar-refractivity contribution in [2.45, 2.75) is 19.9 Å². The predicted molar refractivity (Wildman–Crippen MR) is 48.1 cm³/mol. The average Bonchev–Trinajstić information content (AvgIpc) is 2.03. The Labute approximate surface area is 76.6 Å². The molecule has 1 nitrogen and oxygen atoms in total. The molecule has 0 aliphatic carbocycles. The molecule has 0 saturated carbocycles. The van der Waals surface area contributed by atoms with E-state index in [9.17, 15) is 8.78 Å². The minimum absolute atomic E-state index is 0.139. The van der Waals surface area contributed by atoms with E-state index in [1.807, 2.05) is 13.8 Å². The van der Waals surface area contributed by atoms with Crippen LogP contribution >= 0.6 is 0 Å². The van der Waals surface area contributed by atoms with E-state index in [1.165, 1.54) is 12.1 Å². The van der Waals surface area contributed by atoms with Crippen molar-refractivity contribution in [2.75, 3.05) is 0 Å². The summed E-state index contributed by atoms with van der Waals surface area (Å²) in [5, 5.41) is 0. The molecule has 1 atom stereocenters. The van der Waals surface area contributed by atoms with E-state index in [4.69, 9.17) is 5.73 Å². The highest BCUT2D eigenvalue weighted by atomic mass is 19.1. The van der Waals surface area contributed by atoms with Gasteiger partial charge in [-0.25, -0.2) is 8.78 Å². The molecule has 0 fully saturated rings. The maximum absolute atomic E-state index is 13.1. The second-order valence-electron chi connectivity index (χ2n) is 3.44. The molecular formula is C10H13F2N. The molecule has 0 heterocycles. The van der Waals surface area contributed by atoms with Gasteiger partial charge in [0.15, 0.2) is 0 Å². The van der Waals surface area contributed by atoms with Gasteiger partial charge in [-0.3, -0.25) is 0 Å². The molecule has 1 aromatic rings. The topological polar surface area (TPSA) is 26.0 Å². The molecule has 1 aromatic carbocycles. The lowest BCUT2D eigenvalue weighted by Gasteiger charge is -2.16. The van der Waals surface area contributed by atoms with Crippen LogP contribution in [0.25, 0.3) is 0 Å². The van der Waals surface area contributed by atoms with Crippen LogP contribution < -0.4 is 5.73 Å². The molecule has 72 valence electrons. The van der Waals surface area contributed by atoms with Gasteiger partial charge in [0.1, 0.15) is 11.6 Å². The lowest BCUT2D eigenvalue weighted by molar-refractivity contribution is 0.480. The van der Waals surface area contributed by atoms with Crippen LogP contribution in [0.15, 0.2) is 18.2 Å². The number of halogens is 2. The summed E-state index contributed by atoms with van der Waals surface area (Å²) >= 11 is 0. The molecule has 2 N–H and O–H groups in total. The van der Waals surface area contributed by atoms with Crippen LogP contribution in [0.2, 0.25) is 0 Å². The van der Waals surface area contributed by atoms with Gasteiger partial charge in [-0.1, -0.05) is 19.9 Å². The molecule has 0 aliphatic rings. The SMILES string of the molecule is CC(C)[C@@H](N)c1ccc(F)cc1F. The van der Waals surface area contributed by atoms with Crippen molar-refractivity contribution in [1.82, 2.24) is 0 Å². The molecule has 1 rings (SSSR count). The molecule has 13 heavy (non-hydrogen) atoms. The summed E-state index contributed by atoms with van der Waals surface area (Å²) in [5.74, 6) is -1.00. The number of rotatable bonds is 2. The normalized spacial score (nSPS) is 13.4. The van der Waals surface area contributed by atoms with Gasteiger partial charge >= 0.3 is 0 Å². The third-order valence-corrected chi connectivity index (χ3v) is 2.04. The van der Waals surface area contributed by atoms with E-state index in [-0.39, 0.29) is 12.0 Å². The number of hydrogen-bond donors (Lipinski definition) is 1. The van der Waals surface area contributed by atoms with E-state index in [0.717, 1.165) is 6.07 Å². The molecule has 0 unspecified atom stereocenters. The first-order chi connectivity index (χ1) is 6.02. The molecule has 0 spiro atoms.